The molecule has 3 heteroatoms. The van der Waals surface area contributed by atoms with Crippen LogP contribution in [0.5, 0.6) is 0 Å². The molecule has 44 heavy (non-hydrogen) atoms. The molecule has 0 saturated carbocycles. The number of imidazole rings is 1. The van der Waals surface area contributed by atoms with E-state index in [-0.39, 0.29) is 0 Å². The Balaban J connectivity index is 1.51. The summed E-state index contributed by atoms with van der Waals surface area (Å²) in [6.07, 6.45) is 14.4. The van der Waals surface area contributed by atoms with Gasteiger partial charge < -0.3 is 0 Å². The number of aryl methyl sites for hydroxylation is 1. The van der Waals surface area contributed by atoms with E-state index < -0.39 is 0 Å². The van der Waals surface area contributed by atoms with Crippen molar-refractivity contribution < 1.29 is 0 Å². The van der Waals surface area contributed by atoms with Crippen molar-refractivity contribution in [3.05, 3.63) is 151 Å². The van der Waals surface area contributed by atoms with Crippen LogP contribution in [0.4, 0.5) is 0 Å². The summed E-state index contributed by atoms with van der Waals surface area (Å²) in [5.74, 6) is 0.886. The first-order valence-electron chi connectivity index (χ1n) is 15.0. The predicted octanol–water partition coefficient (Wildman–Crippen LogP) is 11.0. The van der Waals surface area contributed by atoms with Crippen molar-refractivity contribution in [1.82, 2.24) is 14.4 Å². The minimum absolute atomic E-state index is 0.874. The molecule has 3 heterocycles. The maximum absolute atomic E-state index is 5.36. The summed E-state index contributed by atoms with van der Waals surface area (Å²) >= 11 is 0. The summed E-state index contributed by atoms with van der Waals surface area (Å²) in [7, 11) is 0. The first-order chi connectivity index (χ1) is 21.6. The summed E-state index contributed by atoms with van der Waals surface area (Å²) in [5, 5.41) is 4.62. The first kappa shape index (κ1) is 27.3. The number of aromatic nitrogens is 3. The van der Waals surface area contributed by atoms with Gasteiger partial charge in [-0.05, 0) is 61.1 Å². The Bertz CT molecular complexity index is 2330. The number of fused-ring (bicyclic) bond motifs is 5. The molecule has 0 saturated heterocycles. The Labute approximate surface area is 257 Å². The van der Waals surface area contributed by atoms with Crippen LogP contribution in [-0.4, -0.2) is 14.4 Å². The van der Waals surface area contributed by atoms with E-state index in [1.807, 2.05) is 43.4 Å². The molecule has 0 bridgehead atoms. The van der Waals surface area contributed by atoms with Crippen LogP contribution >= 0.6 is 0 Å². The number of hydrogen-bond donors (Lipinski definition) is 0. The molecule has 0 aliphatic heterocycles. The van der Waals surface area contributed by atoms with Crippen molar-refractivity contribution in [2.24, 2.45) is 0 Å². The molecule has 0 amide bonds. The lowest BCUT2D eigenvalue weighted by Gasteiger charge is -2.16. The first-order valence-corrected chi connectivity index (χ1v) is 15.0. The number of hydrogen-bond acceptors (Lipinski definition) is 2. The standard InChI is InChI=1S/C41H33N3/c1-5-7-8-15-28(4)38-36-20-11-12-25-44(36)41(43-38)31-18-13-17-30(26-31)37-34-23-21-27(3)32(14-6-2)39(34)42-40-33-19-10-9-16-29(33)22-24-35(37)40/h5-26H,4H2,1-3H3/b7-5-,14-6-,15-8-. The van der Waals surface area contributed by atoms with E-state index in [2.05, 4.69) is 122 Å². The topological polar surface area (TPSA) is 30.2 Å². The normalized spacial score (nSPS) is 12.2. The Hall–Kier alpha value is -5.54. The lowest BCUT2D eigenvalue weighted by atomic mass is 9.91. The molecule has 0 unspecified atom stereocenters. The third kappa shape index (κ3) is 4.54. The van der Waals surface area contributed by atoms with Gasteiger partial charge in [0, 0.05) is 39.0 Å². The van der Waals surface area contributed by atoms with Gasteiger partial charge in [0.15, 0.2) is 0 Å². The molecular weight excluding hydrogens is 534 g/mol. The monoisotopic (exact) mass is 567 g/mol. The summed E-state index contributed by atoms with van der Waals surface area (Å²) in [6.45, 7) is 10.6. The van der Waals surface area contributed by atoms with Gasteiger partial charge in [0.2, 0.25) is 0 Å². The van der Waals surface area contributed by atoms with Crippen LogP contribution in [0.15, 0.2) is 134 Å². The largest absolute Gasteiger partial charge is 0.299 e. The van der Waals surface area contributed by atoms with Gasteiger partial charge in [0.25, 0.3) is 0 Å². The number of benzene rings is 4. The summed E-state index contributed by atoms with van der Waals surface area (Å²) < 4.78 is 2.16. The van der Waals surface area contributed by atoms with Crippen molar-refractivity contribution in [3.63, 3.8) is 0 Å². The van der Waals surface area contributed by atoms with Gasteiger partial charge in [-0.3, -0.25) is 4.40 Å². The Morgan fingerprint density at radius 2 is 1.52 bits per heavy atom. The number of rotatable bonds is 6. The van der Waals surface area contributed by atoms with Gasteiger partial charge in [-0.1, -0.05) is 116 Å². The molecule has 3 aromatic heterocycles. The fourth-order valence-electron chi connectivity index (χ4n) is 6.21. The maximum Gasteiger partial charge on any atom is 0.145 e. The Kier molecular flexibility index (Phi) is 7.00. The van der Waals surface area contributed by atoms with E-state index in [0.29, 0.717) is 0 Å². The highest BCUT2D eigenvalue weighted by atomic mass is 15.0. The minimum Gasteiger partial charge on any atom is -0.299 e. The second-order valence-electron chi connectivity index (χ2n) is 11.1. The SMILES string of the molecule is C=C(/C=C\C=C/C)c1nc(-c2cccc(-c3c4ccc(C)c(/C=C\C)c4nc4c3ccc3ccccc34)c2)n2ccccc12. The van der Waals surface area contributed by atoms with E-state index in [9.17, 15) is 0 Å². The van der Waals surface area contributed by atoms with Gasteiger partial charge in [-0.2, -0.15) is 0 Å². The molecule has 0 atom stereocenters. The van der Waals surface area contributed by atoms with Gasteiger partial charge in [-0.25, -0.2) is 9.97 Å². The van der Waals surface area contributed by atoms with Gasteiger partial charge in [0.05, 0.1) is 22.2 Å². The molecule has 0 fully saturated rings. The molecule has 0 radical (unpaired) electrons. The number of pyridine rings is 2. The van der Waals surface area contributed by atoms with E-state index in [1.54, 1.807) is 0 Å². The molecule has 0 spiro atoms. The minimum atomic E-state index is 0.874. The van der Waals surface area contributed by atoms with Crippen molar-refractivity contribution in [3.8, 4) is 22.5 Å². The van der Waals surface area contributed by atoms with Crippen LogP contribution in [-0.2, 0) is 0 Å². The van der Waals surface area contributed by atoms with E-state index in [0.717, 1.165) is 66.5 Å². The number of allylic oxidation sites excluding steroid dienone is 6. The van der Waals surface area contributed by atoms with E-state index in [1.165, 1.54) is 16.5 Å². The van der Waals surface area contributed by atoms with Crippen LogP contribution in [0.25, 0.3) is 72.3 Å². The molecule has 7 rings (SSSR count). The highest BCUT2D eigenvalue weighted by molar-refractivity contribution is 6.18. The third-order valence-electron chi connectivity index (χ3n) is 8.29. The summed E-state index contributed by atoms with van der Waals surface area (Å²) in [6, 6.07) is 32.3. The van der Waals surface area contributed by atoms with Crippen LogP contribution in [0.3, 0.4) is 0 Å². The highest BCUT2D eigenvalue weighted by Crippen LogP contribution is 2.40. The summed E-state index contributed by atoms with van der Waals surface area (Å²) in [4.78, 5) is 10.5. The Morgan fingerprint density at radius 1 is 0.727 bits per heavy atom. The zero-order valence-electron chi connectivity index (χ0n) is 25.3. The molecule has 0 aliphatic carbocycles. The van der Waals surface area contributed by atoms with Crippen LogP contribution < -0.4 is 0 Å². The lowest BCUT2D eigenvalue weighted by molar-refractivity contribution is 1.16. The highest BCUT2D eigenvalue weighted by Gasteiger charge is 2.18. The molecule has 0 N–H and O–H groups in total. The van der Waals surface area contributed by atoms with Crippen molar-refractivity contribution in [2.45, 2.75) is 20.8 Å². The predicted molar refractivity (Wildman–Crippen MR) is 189 cm³/mol. The fourth-order valence-corrected chi connectivity index (χ4v) is 6.21. The average Bonchev–Trinajstić information content (AvgIpc) is 3.45. The third-order valence-corrected chi connectivity index (χ3v) is 8.29. The van der Waals surface area contributed by atoms with Gasteiger partial charge in [0.1, 0.15) is 5.82 Å². The molecule has 0 aliphatic rings. The quantitative estimate of drug-likeness (QED) is 0.114. The fraction of sp³-hybridized carbons (Fsp3) is 0.0732. The molecule has 4 aromatic carbocycles. The van der Waals surface area contributed by atoms with Crippen LogP contribution in [0.1, 0.15) is 30.7 Å². The average molecular weight is 568 g/mol. The van der Waals surface area contributed by atoms with Crippen molar-refractivity contribution in [2.75, 3.05) is 0 Å². The van der Waals surface area contributed by atoms with Crippen molar-refractivity contribution in [1.29, 1.82) is 0 Å². The van der Waals surface area contributed by atoms with Gasteiger partial charge >= 0.3 is 0 Å². The maximum atomic E-state index is 5.36. The van der Waals surface area contributed by atoms with Crippen molar-refractivity contribution >= 4 is 49.7 Å². The second-order valence-corrected chi connectivity index (χ2v) is 11.1. The summed E-state index contributed by atoms with van der Waals surface area (Å²) in [5.41, 5.74) is 10.5. The molecule has 7 aromatic rings. The van der Waals surface area contributed by atoms with Crippen LogP contribution in [0, 0.1) is 6.92 Å². The zero-order chi connectivity index (χ0) is 30.2. The zero-order valence-corrected chi connectivity index (χ0v) is 25.3. The number of nitrogens with zero attached hydrogens (tertiary/aromatic N) is 3. The lowest BCUT2D eigenvalue weighted by Crippen LogP contribution is -1.95. The molecule has 3 nitrogen and oxygen atoms in total. The van der Waals surface area contributed by atoms with E-state index in [4.69, 9.17) is 9.97 Å². The molecule has 212 valence electrons. The van der Waals surface area contributed by atoms with Crippen LogP contribution in [0.2, 0.25) is 0 Å². The van der Waals surface area contributed by atoms with Gasteiger partial charge in [-0.15, -0.1) is 0 Å². The Morgan fingerprint density at radius 3 is 2.39 bits per heavy atom. The molecular formula is C41H33N3. The second kappa shape index (κ2) is 11.3. The smallest absolute Gasteiger partial charge is 0.145 e. The van der Waals surface area contributed by atoms with E-state index >= 15 is 0 Å².